The standard InChI is InChI=1S/C20H24FN3O5/c21-16-4-2-1-3-15(16)19(28)22-9-14-10-29-8-7-24(14)20(11-22)12-23(13-20)17(25)5-6-18(26)27/h1-4,14H,5-13H2,(H,26,27)/t14-/m1/s1. The monoisotopic (exact) mass is 405 g/mol. The number of hydrogen-bond donors (Lipinski definition) is 1. The van der Waals surface area contributed by atoms with Crippen LogP contribution in [0.15, 0.2) is 24.3 Å². The second-order valence-electron chi connectivity index (χ2n) is 7.96. The number of nitrogens with zero attached hydrogens (tertiary/aromatic N) is 3. The van der Waals surface area contributed by atoms with Crippen LogP contribution in [0.4, 0.5) is 4.39 Å². The van der Waals surface area contributed by atoms with Crippen molar-refractivity contribution in [1.29, 1.82) is 0 Å². The summed E-state index contributed by atoms with van der Waals surface area (Å²) in [6.07, 6.45) is -0.226. The summed E-state index contributed by atoms with van der Waals surface area (Å²) in [4.78, 5) is 41.6. The van der Waals surface area contributed by atoms with Crippen LogP contribution in [-0.4, -0.2) is 95.1 Å². The Morgan fingerprint density at radius 2 is 1.86 bits per heavy atom. The van der Waals surface area contributed by atoms with E-state index in [1.54, 1.807) is 21.9 Å². The largest absolute Gasteiger partial charge is 0.481 e. The normalized spacial score (nSPS) is 23.4. The van der Waals surface area contributed by atoms with Crippen molar-refractivity contribution in [3.05, 3.63) is 35.6 Å². The molecule has 1 atom stereocenters. The smallest absolute Gasteiger partial charge is 0.303 e. The number of carboxylic acids is 1. The number of benzene rings is 1. The van der Waals surface area contributed by atoms with E-state index in [0.29, 0.717) is 45.9 Å². The first kappa shape index (κ1) is 19.8. The Balaban J connectivity index is 1.50. The average Bonchev–Trinajstić information content (AvgIpc) is 2.69. The van der Waals surface area contributed by atoms with Gasteiger partial charge in [0.25, 0.3) is 5.91 Å². The third-order valence-electron chi connectivity index (χ3n) is 6.02. The van der Waals surface area contributed by atoms with Crippen LogP contribution in [0.3, 0.4) is 0 Å². The van der Waals surface area contributed by atoms with E-state index in [0.717, 1.165) is 0 Å². The first-order valence-corrected chi connectivity index (χ1v) is 9.77. The summed E-state index contributed by atoms with van der Waals surface area (Å²) in [6.45, 7) is 3.50. The summed E-state index contributed by atoms with van der Waals surface area (Å²) in [5, 5.41) is 8.79. The van der Waals surface area contributed by atoms with E-state index >= 15 is 0 Å². The summed E-state index contributed by atoms with van der Waals surface area (Å²) >= 11 is 0. The number of hydrogen-bond acceptors (Lipinski definition) is 5. The van der Waals surface area contributed by atoms with Crippen LogP contribution >= 0.6 is 0 Å². The second-order valence-corrected chi connectivity index (χ2v) is 7.96. The minimum absolute atomic E-state index is 0.00973. The number of carboxylic acid groups (broad SMARTS) is 1. The molecule has 8 nitrogen and oxygen atoms in total. The molecule has 0 saturated carbocycles. The van der Waals surface area contributed by atoms with E-state index < -0.39 is 17.3 Å². The molecule has 3 heterocycles. The maximum atomic E-state index is 14.2. The van der Waals surface area contributed by atoms with Gasteiger partial charge in [0.2, 0.25) is 5.91 Å². The van der Waals surface area contributed by atoms with Crippen molar-refractivity contribution >= 4 is 17.8 Å². The highest BCUT2D eigenvalue weighted by atomic mass is 19.1. The number of aliphatic carboxylic acids is 1. The number of carbonyl (C=O) groups is 3. The Morgan fingerprint density at radius 1 is 1.14 bits per heavy atom. The maximum Gasteiger partial charge on any atom is 0.303 e. The number of fused-ring (bicyclic) bond motifs is 2. The quantitative estimate of drug-likeness (QED) is 0.781. The lowest BCUT2D eigenvalue weighted by atomic mass is 9.82. The minimum Gasteiger partial charge on any atom is -0.481 e. The van der Waals surface area contributed by atoms with Crippen LogP contribution in [0.1, 0.15) is 23.2 Å². The molecule has 156 valence electrons. The Labute approximate surface area is 167 Å². The van der Waals surface area contributed by atoms with E-state index in [-0.39, 0.29) is 36.3 Å². The molecule has 29 heavy (non-hydrogen) atoms. The second kappa shape index (κ2) is 7.72. The summed E-state index contributed by atoms with van der Waals surface area (Å²) in [6, 6.07) is 5.93. The van der Waals surface area contributed by atoms with E-state index in [2.05, 4.69) is 4.90 Å². The van der Waals surface area contributed by atoms with Gasteiger partial charge in [0.1, 0.15) is 5.82 Å². The number of rotatable bonds is 4. The van der Waals surface area contributed by atoms with Gasteiger partial charge in [-0.1, -0.05) is 12.1 Å². The van der Waals surface area contributed by atoms with Gasteiger partial charge in [0.05, 0.1) is 36.8 Å². The molecule has 0 radical (unpaired) electrons. The highest BCUT2D eigenvalue weighted by molar-refractivity contribution is 5.94. The van der Waals surface area contributed by atoms with Crippen LogP contribution in [-0.2, 0) is 14.3 Å². The van der Waals surface area contributed by atoms with E-state index in [9.17, 15) is 18.8 Å². The van der Waals surface area contributed by atoms with Crippen LogP contribution < -0.4 is 0 Å². The van der Waals surface area contributed by atoms with Gasteiger partial charge in [0.15, 0.2) is 0 Å². The Hall–Kier alpha value is -2.52. The molecule has 1 aromatic carbocycles. The van der Waals surface area contributed by atoms with Gasteiger partial charge >= 0.3 is 5.97 Å². The number of morpholine rings is 1. The number of amides is 2. The number of halogens is 1. The van der Waals surface area contributed by atoms with Crippen molar-refractivity contribution < 1.29 is 28.6 Å². The SMILES string of the molecule is O=C(O)CCC(=O)N1CC2(C1)CN(C(=O)c1ccccc1F)C[C@@H]1COCCN12. The molecule has 3 aliphatic rings. The van der Waals surface area contributed by atoms with Crippen LogP contribution in [0.5, 0.6) is 0 Å². The Morgan fingerprint density at radius 3 is 2.59 bits per heavy atom. The molecule has 3 aliphatic heterocycles. The third kappa shape index (κ3) is 3.72. The molecule has 1 N–H and O–H groups in total. The minimum atomic E-state index is -0.999. The molecule has 1 aromatic rings. The zero-order valence-electron chi connectivity index (χ0n) is 16.1. The summed E-state index contributed by atoms with van der Waals surface area (Å²) < 4.78 is 19.7. The van der Waals surface area contributed by atoms with Gasteiger partial charge in [-0.3, -0.25) is 19.3 Å². The zero-order valence-corrected chi connectivity index (χ0v) is 16.1. The summed E-state index contributed by atoms with van der Waals surface area (Å²) in [5.41, 5.74) is -0.353. The molecule has 4 rings (SSSR count). The van der Waals surface area contributed by atoms with Gasteiger partial charge in [-0.2, -0.15) is 0 Å². The third-order valence-corrected chi connectivity index (χ3v) is 6.02. The molecule has 1 spiro atoms. The molecular formula is C20H24FN3O5. The van der Waals surface area contributed by atoms with Gasteiger partial charge < -0.3 is 19.6 Å². The highest BCUT2D eigenvalue weighted by Crippen LogP contribution is 2.36. The lowest BCUT2D eigenvalue weighted by molar-refractivity contribution is -0.173. The first-order chi connectivity index (χ1) is 13.9. The van der Waals surface area contributed by atoms with E-state index in [1.807, 2.05) is 0 Å². The van der Waals surface area contributed by atoms with Crippen LogP contribution in [0.2, 0.25) is 0 Å². The van der Waals surface area contributed by atoms with E-state index in [4.69, 9.17) is 9.84 Å². The summed E-state index contributed by atoms with van der Waals surface area (Å²) in [5.74, 6) is -2.10. The fourth-order valence-electron chi connectivity index (χ4n) is 4.65. The van der Waals surface area contributed by atoms with Crippen molar-refractivity contribution in [3.63, 3.8) is 0 Å². The molecule has 0 bridgehead atoms. The average molecular weight is 405 g/mol. The predicted molar refractivity (Wildman–Crippen MR) is 99.8 cm³/mol. The van der Waals surface area contributed by atoms with Crippen molar-refractivity contribution in [3.8, 4) is 0 Å². The van der Waals surface area contributed by atoms with Crippen molar-refractivity contribution in [2.75, 3.05) is 45.9 Å². The van der Waals surface area contributed by atoms with Gasteiger partial charge in [-0.25, -0.2) is 4.39 Å². The fourth-order valence-corrected chi connectivity index (χ4v) is 4.65. The molecule has 9 heteroatoms. The molecule has 0 aliphatic carbocycles. The van der Waals surface area contributed by atoms with Gasteiger partial charge in [-0.05, 0) is 12.1 Å². The summed E-state index contributed by atoms with van der Waals surface area (Å²) in [7, 11) is 0. The molecule has 3 fully saturated rings. The fraction of sp³-hybridized carbons (Fsp3) is 0.550. The predicted octanol–water partition coefficient (Wildman–Crippen LogP) is 0.428. The highest BCUT2D eigenvalue weighted by Gasteiger charge is 2.56. The first-order valence-electron chi connectivity index (χ1n) is 9.77. The Kier molecular flexibility index (Phi) is 5.26. The number of carbonyl (C=O) groups excluding carboxylic acids is 2. The topological polar surface area (TPSA) is 90.4 Å². The molecule has 3 saturated heterocycles. The number of ether oxygens (including phenoxy) is 1. The van der Waals surface area contributed by atoms with Crippen molar-refractivity contribution in [2.24, 2.45) is 0 Å². The molecule has 2 amide bonds. The lowest BCUT2D eigenvalue weighted by Crippen LogP contribution is -2.81. The van der Waals surface area contributed by atoms with Crippen molar-refractivity contribution in [1.82, 2.24) is 14.7 Å². The van der Waals surface area contributed by atoms with E-state index in [1.165, 1.54) is 12.1 Å². The molecule has 0 aromatic heterocycles. The lowest BCUT2D eigenvalue weighted by Gasteiger charge is -2.63. The molecular weight excluding hydrogens is 381 g/mol. The van der Waals surface area contributed by atoms with Crippen LogP contribution in [0, 0.1) is 5.82 Å². The van der Waals surface area contributed by atoms with Gasteiger partial charge in [-0.15, -0.1) is 0 Å². The Bertz CT molecular complexity index is 826. The maximum absolute atomic E-state index is 14.2. The zero-order chi connectivity index (χ0) is 20.6. The number of piperazine rings is 1. The molecule has 0 unspecified atom stereocenters. The number of likely N-dealkylation sites (tertiary alicyclic amines) is 1. The van der Waals surface area contributed by atoms with Gasteiger partial charge in [0, 0.05) is 39.1 Å². The van der Waals surface area contributed by atoms with Crippen molar-refractivity contribution in [2.45, 2.75) is 24.4 Å². The van der Waals surface area contributed by atoms with Crippen LogP contribution in [0.25, 0.3) is 0 Å².